The molecule has 1 N–H and O–H groups in total. The van der Waals surface area contributed by atoms with Gasteiger partial charge in [-0.05, 0) is 30.6 Å². The van der Waals surface area contributed by atoms with Gasteiger partial charge in [0.2, 0.25) is 0 Å². The predicted molar refractivity (Wildman–Crippen MR) is 123 cm³/mol. The van der Waals surface area contributed by atoms with E-state index in [1.807, 2.05) is 30.3 Å². The van der Waals surface area contributed by atoms with E-state index in [0.717, 1.165) is 10.1 Å². The van der Waals surface area contributed by atoms with Crippen LogP contribution in [0.4, 0.5) is 4.39 Å². The fourth-order valence-corrected chi connectivity index (χ4v) is 4.50. The lowest BCUT2D eigenvalue weighted by Crippen LogP contribution is -2.47. The highest BCUT2D eigenvalue weighted by molar-refractivity contribution is 6.74. The smallest absolute Gasteiger partial charge is 0.330 e. The molecule has 4 atom stereocenters. The second kappa shape index (κ2) is 9.05. The molecule has 1 aliphatic heterocycles. The number of aromatic amines is 1. The van der Waals surface area contributed by atoms with E-state index in [-0.39, 0.29) is 18.3 Å². The number of H-pyrrole nitrogens is 1. The van der Waals surface area contributed by atoms with Crippen molar-refractivity contribution in [1.82, 2.24) is 9.55 Å². The molecule has 2 aromatic rings. The van der Waals surface area contributed by atoms with E-state index in [2.05, 4.69) is 38.8 Å². The van der Waals surface area contributed by atoms with E-state index >= 15 is 4.39 Å². The quantitative estimate of drug-likeness (QED) is 0.631. The van der Waals surface area contributed by atoms with E-state index in [1.54, 1.807) is 0 Å². The minimum Gasteiger partial charge on any atom is -0.414 e. The molecule has 7 nitrogen and oxygen atoms in total. The van der Waals surface area contributed by atoms with E-state index in [1.165, 1.54) is 19.2 Å². The predicted octanol–water partition coefficient (Wildman–Crippen LogP) is 3.77. The van der Waals surface area contributed by atoms with Gasteiger partial charge < -0.3 is 13.9 Å². The van der Waals surface area contributed by atoms with Crippen molar-refractivity contribution in [3.05, 3.63) is 69.0 Å². The number of aromatic nitrogens is 2. The Labute approximate surface area is 188 Å². The van der Waals surface area contributed by atoms with Gasteiger partial charge >= 0.3 is 5.69 Å². The van der Waals surface area contributed by atoms with Crippen LogP contribution in [0.15, 0.2) is 52.2 Å². The van der Waals surface area contributed by atoms with Crippen molar-refractivity contribution in [1.29, 1.82) is 0 Å². The molecule has 1 aromatic carbocycles. The minimum atomic E-state index is -2.13. The summed E-state index contributed by atoms with van der Waals surface area (Å²) in [4.78, 5) is 26.0. The standard InChI is InChI=1S/C23H33FN2O5Si/c1-22(2,3)32(5,6)30-15-17-19(29-14-16-10-8-7-9-11-16)23(4,24)20(31-17)26-13-12-18(27)25-21(26)28/h7-13,17,19-20H,14-15H2,1-6H3,(H,25,27,28)/t17-,19-,20-,23-/m1/s1. The van der Waals surface area contributed by atoms with Gasteiger partial charge in [-0.25, -0.2) is 9.18 Å². The van der Waals surface area contributed by atoms with Crippen LogP contribution in [0.3, 0.4) is 0 Å². The maximum atomic E-state index is 16.2. The normalized spacial score (nSPS) is 26.4. The van der Waals surface area contributed by atoms with Crippen molar-refractivity contribution in [2.24, 2.45) is 0 Å². The molecular formula is C23H33FN2O5Si. The molecule has 0 bridgehead atoms. The lowest BCUT2D eigenvalue weighted by molar-refractivity contribution is -0.0659. The monoisotopic (exact) mass is 464 g/mol. The summed E-state index contributed by atoms with van der Waals surface area (Å²) in [6.07, 6.45) is -1.72. The van der Waals surface area contributed by atoms with Crippen LogP contribution in [-0.2, 0) is 20.5 Å². The highest BCUT2D eigenvalue weighted by atomic mass is 28.4. The molecule has 1 aromatic heterocycles. The summed E-state index contributed by atoms with van der Waals surface area (Å²) in [5.74, 6) is 0. The van der Waals surface area contributed by atoms with E-state index in [9.17, 15) is 9.59 Å². The van der Waals surface area contributed by atoms with Crippen molar-refractivity contribution < 1.29 is 18.3 Å². The third kappa shape index (κ3) is 5.11. The molecule has 176 valence electrons. The summed E-state index contributed by atoms with van der Waals surface area (Å²) in [6, 6.07) is 10.6. The molecule has 9 heteroatoms. The van der Waals surface area contributed by atoms with Crippen LogP contribution in [0.1, 0.15) is 39.5 Å². The number of nitrogens with zero attached hydrogens (tertiary/aromatic N) is 1. The number of alkyl halides is 1. The van der Waals surface area contributed by atoms with Gasteiger partial charge in [0.1, 0.15) is 12.2 Å². The first-order valence-corrected chi connectivity index (χ1v) is 13.7. The topological polar surface area (TPSA) is 82.5 Å². The second-order valence-electron chi connectivity index (χ2n) is 9.98. The zero-order valence-corrected chi connectivity index (χ0v) is 20.6. The SMILES string of the molecule is CC(C)(C)[Si](C)(C)OC[C@H]1O[C@@H](n2ccc(=O)[nH]c2=O)[C@](C)(F)[C@@H]1OCc1ccccc1. The maximum absolute atomic E-state index is 16.2. The molecule has 0 spiro atoms. The fraction of sp³-hybridized carbons (Fsp3) is 0.565. The van der Waals surface area contributed by atoms with Crippen molar-refractivity contribution in [2.75, 3.05) is 6.61 Å². The van der Waals surface area contributed by atoms with Gasteiger partial charge in [-0.2, -0.15) is 0 Å². The molecule has 32 heavy (non-hydrogen) atoms. The van der Waals surface area contributed by atoms with Crippen LogP contribution in [0.5, 0.6) is 0 Å². The number of hydrogen-bond acceptors (Lipinski definition) is 5. The summed E-state index contributed by atoms with van der Waals surface area (Å²) >= 11 is 0. The van der Waals surface area contributed by atoms with Gasteiger partial charge in [-0.1, -0.05) is 51.1 Å². The molecule has 0 aliphatic carbocycles. The average Bonchev–Trinajstić information content (AvgIpc) is 2.94. The maximum Gasteiger partial charge on any atom is 0.330 e. The molecule has 1 fully saturated rings. The van der Waals surface area contributed by atoms with Crippen LogP contribution in [0.2, 0.25) is 18.1 Å². The molecule has 0 amide bonds. The molecule has 1 saturated heterocycles. The Hall–Kier alpha value is -2.07. The summed E-state index contributed by atoms with van der Waals surface area (Å²) in [6.45, 7) is 12.3. The molecule has 2 heterocycles. The highest BCUT2D eigenvalue weighted by Crippen LogP contribution is 2.44. The van der Waals surface area contributed by atoms with Gasteiger partial charge in [0.15, 0.2) is 20.2 Å². The zero-order valence-electron chi connectivity index (χ0n) is 19.6. The Morgan fingerprint density at radius 1 is 1.19 bits per heavy atom. The third-order valence-electron chi connectivity index (χ3n) is 6.47. The lowest BCUT2D eigenvalue weighted by Gasteiger charge is -2.37. The Bertz CT molecular complexity index is 1030. The zero-order chi connectivity index (χ0) is 23.7. The first kappa shape index (κ1) is 24.6. The number of halogens is 1. The van der Waals surface area contributed by atoms with Crippen LogP contribution in [-0.4, -0.2) is 42.4 Å². The first-order valence-electron chi connectivity index (χ1n) is 10.8. The van der Waals surface area contributed by atoms with Crippen molar-refractivity contribution in [3.8, 4) is 0 Å². The molecule has 1 aliphatic rings. The number of hydrogen-bond donors (Lipinski definition) is 1. The molecule has 3 rings (SSSR count). The lowest BCUT2D eigenvalue weighted by atomic mass is 9.98. The van der Waals surface area contributed by atoms with Gasteiger partial charge in [-0.3, -0.25) is 14.3 Å². The van der Waals surface area contributed by atoms with Gasteiger partial charge in [-0.15, -0.1) is 0 Å². The van der Waals surface area contributed by atoms with Crippen molar-refractivity contribution in [3.63, 3.8) is 0 Å². The van der Waals surface area contributed by atoms with Gasteiger partial charge in [0.05, 0.1) is 13.2 Å². The number of nitrogens with one attached hydrogen (secondary N) is 1. The summed E-state index contributed by atoms with van der Waals surface area (Å²) in [5, 5.41) is -0.0275. The van der Waals surface area contributed by atoms with E-state index in [4.69, 9.17) is 13.9 Å². The van der Waals surface area contributed by atoms with Crippen LogP contribution in [0.25, 0.3) is 0 Å². The van der Waals surface area contributed by atoms with Crippen LogP contribution >= 0.6 is 0 Å². The Morgan fingerprint density at radius 3 is 2.44 bits per heavy atom. The number of ether oxygens (including phenoxy) is 2. The number of benzene rings is 1. The average molecular weight is 465 g/mol. The fourth-order valence-electron chi connectivity index (χ4n) is 3.49. The summed E-state index contributed by atoms with van der Waals surface area (Å²) < 4.78 is 35.6. The van der Waals surface area contributed by atoms with Gasteiger partial charge in [0.25, 0.3) is 5.56 Å². The van der Waals surface area contributed by atoms with Gasteiger partial charge in [0, 0.05) is 12.3 Å². The van der Waals surface area contributed by atoms with Crippen molar-refractivity contribution in [2.45, 2.75) is 76.5 Å². The Kier molecular flexibility index (Phi) is 6.95. The van der Waals surface area contributed by atoms with Crippen LogP contribution < -0.4 is 11.2 Å². The van der Waals surface area contributed by atoms with Crippen LogP contribution in [0, 0.1) is 0 Å². The number of rotatable bonds is 7. The second-order valence-corrected chi connectivity index (χ2v) is 14.8. The molecule has 0 unspecified atom stereocenters. The molecular weight excluding hydrogens is 431 g/mol. The Balaban J connectivity index is 1.89. The molecule has 0 radical (unpaired) electrons. The third-order valence-corrected chi connectivity index (χ3v) is 11.0. The molecule has 0 saturated carbocycles. The highest BCUT2D eigenvalue weighted by Gasteiger charge is 2.57. The minimum absolute atomic E-state index is 0.0275. The Morgan fingerprint density at radius 2 is 1.84 bits per heavy atom. The summed E-state index contributed by atoms with van der Waals surface area (Å²) in [5.41, 5.74) is -2.44. The van der Waals surface area contributed by atoms with E-state index in [0.29, 0.717) is 0 Å². The van der Waals surface area contributed by atoms with E-state index < -0.39 is 43.7 Å². The largest absolute Gasteiger partial charge is 0.414 e. The first-order chi connectivity index (χ1) is 14.8. The van der Waals surface area contributed by atoms with Crippen molar-refractivity contribution >= 4 is 8.32 Å². The summed E-state index contributed by atoms with van der Waals surface area (Å²) in [7, 11) is -2.13.